The van der Waals surface area contributed by atoms with Crippen LogP contribution < -0.4 is 0 Å². The van der Waals surface area contributed by atoms with Gasteiger partial charge in [-0.15, -0.1) is 35.7 Å². The largest absolute Gasteiger partial charge is 0.455 e. The quantitative estimate of drug-likeness (QED) is 0.137. The van der Waals surface area contributed by atoms with Crippen molar-refractivity contribution in [3.05, 3.63) is 47.0 Å². The van der Waals surface area contributed by atoms with Gasteiger partial charge >= 0.3 is 17.9 Å². The van der Waals surface area contributed by atoms with Gasteiger partial charge in [0.25, 0.3) is 0 Å². The van der Waals surface area contributed by atoms with Crippen molar-refractivity contribution in [3.63, 3.8) is 0 Å². The van der Waals surface area contributed by atoms with Gasteiger partial charge in [-0.3, -0.25) is 14.4 Å². The number of aliphatic hydroxyl groups is 2. The number of benzene rings is 1. The number of Topliss-reactive ketones (excluding diaryl/α,β-unsaturated/α-hetero) is 1. The highest BCUT2D eigenvalue weighted by molar-refractivity contribution is 8.96. The first-order valence-electron chi connectivity index (χ1n) is 15.7. The van der Waals surface area contributed by atoms with Gasteiger partial charge in [-0.25, -0.2) is 4.79 Å². The van der Waals surface area contributed by atoms with Crippen molar-refractivity contribution in [1.82, 2.24) is 0 Å². The Balaban J connectivity index is 1.87. The van der Waals surface area contributed by atoms with Crippen LogP contribution in [-0.2, 0) is 37.9 Å². The Morgan fingerprint density at radius 2 is 1.59 bits per heavy atom. The van der Waals surface area contributed by atoms with Crippen LogP contribution in [0.1, 0.15) is 64.7 Å². The van der Waals surface area contributed by atoms with Crippen LogP contribution in [0.2, 0.25) is 0 Å². The number of aliphatic hydroxyl groups excluding tert-OH is 1. The molecule has 1 heterocycles. The van der Waals surface area contributed by atoms with Crippen LogP contribution in [0.5, 0.6) is 0 Å². The minimum absolute atomic E-state index is 0.135. The van der Waals surface area contributed by atoms with Crippen LogP contribution >= 0.6 is 57.2 Å². The van der Waals surface area contributed by atoms with E-state index in [1.54, 1.807) is 58.0 Å². The molecule has 3 aliphatic carbocycles. The summed E-state index contributed by atoms with van der Waals surface area (Å²) in [6, 6.07) is 8.25. The Morgan fingerprint density at radius 3 is 2.10 bits per heavy atom. The van der Waals surface area contributed by atoms with E-state index in [1.165, 1.54) is 13.8 Å². The maximum Gasteiger partial charge on any atom is 0.338 e. The fourth-order valence-electron chi connectivity index (χ4n) is 8.38. The molecule has 0 amide bonds. The van der Waals surface area contributed by atoms with E-state index in [0.717, 1.165) is 0 Å². The summed E-state index contributed by atoms with van der Waals surface area (Å²) in [5.74, 6) is -4.01. The molecular weight excluding hydrogens is 765 g/mol. The average Bonchev–Trinajstić information content (AvgIpc) is 3.00. The van der Waals surface area contributed by atoms with Crippen LogP contribution in [0, 0.1) is 16.7 Å². The van der Waals surface area contributed by atoms with Crippen molar-refractivity contribution in [2.45, 2.75) is 96.1 Å². The fourth-order valence-corrected chi connectivity index (χ4v) is 41.3. The minimum atomic E-state index is -2.09. The first-order chi connectivity index (χ1) is 22.7. The highest BCUT2D eigenvalue weighted by Crippen LogP contribution is 2.98. The van der Waals surface area contributed by atoms with E-state index in [9.17, 15) is 24.6 Å². The maximum atomic E-state index is 15.6. The Bertz CT molecular complexity index is 1530. The van der Waals surface area contributed by atoms with Crippen molar-refractivity contribution >= 4 is 80.9 Å². The summed E-state index contributed by atoms with van der Waals surface area (Å²) in [7, 11) is 10.0. The second-order valence-corrected chi connectivity index (χ2v) is 37.5. The van der Waals surface area contributed by atoms with Gasteiger partial charge in [-0.1, -0.05) is 32.0 Å². The molecule has 1 saturated heterocycles. The summed E-state index contributed by atoms with van der Waals surface area (Å²) in [6.07, 6.45) is -6.24. The highest BCUT2D eigenvalue weighted by Gasteiger charge is 2.78. The summed E-state index contributed by atoms with van der Waals surface area (Å²) in [4.78, 5) is 55.4. The third-order valence-electron chi connectivity index (χ3n) is 10.8. The van der Waals surface area contributed by atoms with Gasteiger partial charge in [0, 0.05) is 32.1 Å². The van der Waals surface area contributed by atoms with E-state index >= 15 is 4.79 Å². The summed E-state index contributed by atoms with van der Waals surface area (Å²) >= 11 is 0. The monoisotopic (exact) mass is 810 g/mol. The van der Waals surface area contributed by atoms with Gasteiger partial charge in [0.2, 0.25) is 0 Å². The number of fused-ring (bicyclic) bond motifs is 5. The lowest BCUT2D eigenvalue weighted by Gasteiger charge is -2.68. The van der Waals surface area contributed by atoms with Crippen molar-refractivity contribution in [2.24, 2.45) is 16.7 Å². The zero-order valence-electron chi connectivity index (χ0n) is 28.2. The first kappa shape index (κ1) is 40.1. The molecule has 4 unspecified atom stereocenters. The molecule has 11 nitrogen and oxygen atoms in total. The molecule has 0 aromatic heterocycles. The second kappa shape index (κ2) is 14.6. The molecule has 3 fully saturated rings. The first-order valence-corrected chi connectivity index (χ1v) is 27.5. The maximum absolute atomic E-state index is 15.6. The molecule has 0 spiro atoms. The van der Waals surface area contributed by atoms with Crippen molar-refractivity contribution in [1.29, 1.82) is 0 Å². The number of ether oxygens (including phenoxy) is 4. The highest BCUT2D eigenvalue weighted by atomic mass is 33.0. The molecule has 49 heavy (non-hydrogen) atoms. The Hall–Kier alpha value is -0.110. The van der Waals surface area contributed by atoms with Crippen LogP contribution in [0.3, 0.4) is 0 Å². The number of rotatable bonds is 8. The molecule has 5 rings (SSSR count). The number of hydrogen-bond donors (Lipinski definition) is 2. The van der Waals surface area contributed by atoms with E-state index in [2.05, 4.69) is 35.7 Å². The van der Waals surface area contributed by atoms with Gasteiger partial charge in [-0.2, -0.15) is 0 Å². The standard InChI is InChI=1S/C31H45O11P7/c1-15-19(34)13-31(37)26(40-27(36)18-10-8-7-9-11-18)24-29(6,25(35)23(39-16(2)32)22(15)28(31,4)5)20(42-47(48(43)44)49(45)46)12-21-30(24,14-38-21)41-17(3)33/h7-11,19-21,23-24,26,34,37H,12-14,43-46H2,1-6H3/t19-,20-,21+,23+,24-,26-,29+,30-,31+/m0/s1. The van der Waals surface area contributed by atoms with Gasteiger partial charge in [0.15, 0.2) is 17.5 Å². The van der Waals surface area contributed by atoms with E-state index in [-0.39, 0.29) is 30.6 Å². The number of hydrogen-bond acceptors (Lipinski definition) is 11. The van der Waals surface area contributed by atoms with Crippen molar-refractivity contribution in [3.8, 4) is 0 Å². The molecule has 2 bridgehead atoms. The SMILES string of the molecule is CC(=O)O[C@H]1C(=O)[C@]2(C)[C@@H](OP(P(P)P)P(P)P)C[C@H]3OC[C@@]3(OC(C)=O)[C@H]2[C@H](OC(=O)c2ccccc2)[C@]2(O)C[C@H](O)C(C)=C1C2(C)C. The summed E-state index contributed by atoms with van der Waals surface area (Å²) in [6.45, 7) is 7.38. The Morgan fingerprint density at radius 1 is 0.980 bits per heavy atom. The number of carbonyl (C=O) groups is 4. The summed E-state index contributed by atoms with van der Waals surface area (Å²) in [5.41, 5.74) is -5.96. The Kier molecular flexibility index (Phi) is 12.0. The predicted molar refractivity (Wildman–Crippen MR) is 203 cm³/mol. The lowest BCUT2D eigenvalue weighted by atomic mass is 9.44. The smallest absolute Gasteiger partial charge is 0.338 e. The molecule has 1 aromatic carbocycles. The van der Waals surface area contributed by atoms with Crippen LogP contribution in [0.4, 0.5) is 0 Å². The molecule has 2 N–H and O–H groups in total. The molecule has 1 aliphatic heterocycles. The number of esters is 3. The molecule has 13 atom stereocenters. The average molecular weight is 811 g/mol. The third-order valence-corrected chi connectivity index (χ3v) is 33.2. The van der Waals surface area contributed by atoms with Gasteiger partial charge in [-0.05, 0) is 51.1 Å². The fraction of sp³-hybridized carbons (Fsp3) is 0.613. The summed E-state index contributed by atoms with van der Waals surface area (Å²) in [5, 5.41) is 24.8. The molecule has 270 valence electrons. The molecule has 18 heteroatoms. The van der Waals surface area contributed by atoms with Gasteiger partial charge < -0.3 is 33.7 Å². The molecule has 0 radical (unpaired) electrons. The van der Waals surface area contributed by atoms with Crippen LogP contribution in [-0.4, -0.2) is 82.2 Å². The van der Waals surface area contributed by atoms with Crippen LogP contribution in [0.15, 0.2) is 41.5 Å². The van der Waals surface area contributed by atoms with E-state index in [0.29, 0.717) is 5.57 Å². The van der Waals surface area contributed by atoms with Crippen LogP contribution in [0.25, 0.3) is 0 Å². The number of ketones is 1. The van der Waals surface area contributed by atoms with E-state index in [1.807, 2.05) is 0 Å². The van der Waals surface area contributed by atoms with Crippen molar-refractivity contribution < 1.29 is 52.9 Å². The lowest BCUT2D eigenvalue weighted by Crippen LogP contribution is -2.82. The summed E-state index contributed by atoms with van der Waals surface area (Å²) < 4.78 is 31.6. The Labute approximate surface area is 299 Å². The molecule has 1 aromatic rings. The van der Waals surface area contributed by atoms with E-state index < -0.39 is 104 Å². The number of carbonyl (C=O) groups excluding carboxylic acids is 4. The van der Waals surface area contributed by atoms with Gasteiger partial charge in [0.1, 0.15) is 17.8 Å². The third kappa shape index (κ3) is 6.68. The predicted octanol–water partition coefficient (Wildman–Crippen LogP) is 6.03. The molecule has 2 saturated carbocycles. The molecule has 4 aliphatic rings. The normalized spacial score (nSPS) is 36.7. The zero-order chi connectivity index (χ0) is 36.4. The zero-order valence-corrected chi connectivity index (χ0v) is 35.5. The second-order valence-electron chi connectivity index (χ2n) is 13.9. The lowest BCUT2D eigenvalue weighted by molar-refractivity contribution is -0.343. The van der Waals surface area contributed by atoms with Crippen molar-refractivity contribution in [2.75, 3.05) is 6.61 Å². The van der Waals surface area contributed by atoms with E-state index in [4.69, 9.17) is 23.5 Å². The molecular formula is C31H45O11P7. The minimum Gasteiger partial charge on any atom is -0.455 e. The van der Waals surface area contributed by atoms with Gasteiger partial charge in [0.05, 0.1) is 43.2 Å². The topological polar surface area (TPSA) is 155 Å².